The molecular weight excluding hydrogens is 332 g/mol. The Bertz CT molecular complexity index is 782. The van der Waals surface area contributed by atoms with Crippen molar-refractivity contribution in [2.75, 3.05) is 0 Å². The highest BCUT2D eigenvalue weighted by Crippen LogP contribution is 2.21. The van der Waals surface area contributed by atoms with E-state index >= 15 is 0 Å². The molecule has 0 aromatic heterocycles. The van der Waals surface area contributed by atoms with E-state index < -0.39 is 0 Å². The second-order valence-corrected chi connectivity index (χ2v) is 6.15. The summed E-state index contributed by atoms with van der Waals surface area (Å²) in [6.07, 6.45) is 0. The number of nitrogens with one attached hydrogen (secondary N) is 2. The minimum atomic E-state index is -0.224. The van der Waals surface area contributed by atoms with Gasteiger partial charge in [-0.15, -0.1) is 0 Å². The first-order valence-corrected chi connectivity index (χ1v) is 8.49. The van der Waals surface area contributed by atoms with Gasteiger partial charge in [0.1, 0.15) is 0 Å². The summed E-state index contributed by atoms with van der Waals surface area (Å²) in [5.74, 6) is 0. The van der Waals surface area contributed by atoms with Crippen LogP contribution in [0.15, 0.2) is 84.9 Å². The zero-order chi connectivity index (χ0) is 17.5. The zero-order valence-electron chi connectivity index (χ0n) is 13.7. The van der Waals surface area contributed by atoms with Crippen LogP contribution in [-0.2, 0) is 6.54 Å². The fourth-order valence-corrected chi connectivity index (χ4v) is 2.87. The molecule has 3 rings (SSSR count). The van der Waals surface area contributed by atoms with Gasteiger partial charge in [-0.05, 0) is 28.8 Å². The third-order valence-corrected chi connectivity index (χ3v) is 4.12. The van der Waals surface area contributed by atoms with Crippen molar-refractivity contribution in [3.8, 4) is 0 Å². The van der Waals surface area contributed by atoms with Crippen LogP contribution in [-0.4, -0.2) is 6.03 Å². The predicted molar refractivity (Wildman–Crippen MR) is 102 cm³/mol. The van der Waals surface area contributed by atoms with Gasteiger partial charge in [0.05, 0.1) is 6.04 Å². The monoisotopic (exact) mass is 350 g/mol. The third kappa shape index (κ3) is 4.85. The first kappa shape index (κ1) is 17.1. The summed E-state index contributed by atoms with van der Waals surface area (Å²) in [5.41, 5.74) is 3.02. The van der Waals surface area contributed by atoms with Crippen LogP contribution in [0.2, 0.25) is 5.02 Å². The largest absolute Gasteiger partial charge is 0.334 e. The molecular formula is C21H19ClN2O. The molecule has 4 heteroatoms. The van der Waals surface area contributed by atoms with Gasteiger partial charge in [-0.25, -0.2) is 4.79 Å². The van der Waals surface area contributed by atoms with Crippen molar-refractivity contribution in [1.29, 1.82) is 0 Å². The molecule has 0 radical (unpaired) electrons. The van der Waals surface area contributed by atoms with Crippen LogP contribution in [0.25, 0.3) is 0 Å². The highest BCUT2D eigenvalue weighted by atomic mass is 35.5. The number of benzene rings is 3. The molecule has 0 aliphatic heterocycles. The van der Waals surface area contributed by atoms with Crippen LogP contribution in [0.3, 0.4) is 0 Å². The lowest BCUT2D eigenvalue weighted by Crippen LogP contribution is -2.38. The van der Waals surface area contributed by atoms with E-state index in [0.717, 1.165) is 16.7 Å². The van der Waals surface area contributed by atoms with E-state index in [4.69, 9.17) is 11.6 Å². The van der Waals surface area contributed by atoms with Gasteiger partial charge in [-0.2, -0.15) is 0 Å². The lowest BCUT2D eigenvalue weighted by molar-refractivity contribution is 0.238. The van der Waals surface area contributed by atoms with Gasteiger partial charge in [0.25, 0.3) is 0 Å². The van der Waals surface area contributed by atoms with Gasteiger partial charge in [0.2, 0.25) is 0 Å². The Hall–Kier alpha value is -2.78. The van der Waals surface area contributed by atoms with Gasteiger partial charge < -0.3 is 10.6 Å². The van der Waals surface area contributed by atoms with Crippen molar-refractivity contribution in [2.45, 2.75) is 12.6 Å². The summed E-state index contributed by atoms with van der Waals surface area (Å²) in [4.78, 5) is 12.4. The van der Waals surface area contributed by atoms with Crippen molar-refractivity contribution in [1.82, 2.24) is 10.6 Å². The Morgan fingerprint density at radius 2 is 1.44 bits per heavy atom. The number of urea groups is 1. The second kappa shape index (κ2) is 8.36. The summed E-state index contributed by atoms with van der Waals surface area (Å²) in [7, 11) is 0. The van der Waals surface area contributed by atoms with Crippen LogP contribution < -0.4 is 10.6 Å². The van der Waals surface area contributed by atoms with Gasteiger partial charge in [-0.1, -0.05) is 84.4 Å². The van der Waals surface area contributed by atoms with E-state index in [9.17, 15) is 4.79 Å². The SMILES string of the molecule is O=C(NCc1cccc(Cl)c1)NC(c1ccccc1)c1ccccc1. The topological polar surface area (TPSA) is 41.1 Å². The molecule has 0 aliphatic rings. The first-order chi connectivity index (χ1) is 12.2. The summed E-state index contributed by atoms with van der Waals surface area (Å²) in [6, 6.07) is 26.9. The average molecular weight is 351 g/mol. The van der Waals surface area contributed by atoms with Gasteiger partial charge in [-0.3, -0.25) is 0 Å². The van der Waals surface area contributed by atoms with Crippen molar-refractivity contribution in [3.63, 3.8) is 0 Å². The molecule has 2 amide bonds. The van der Waals surface area contributed by atoms with E-state index in [1.54, 1.807) is 0 Å². The zero-order valence-corrected chi connectivity index (χ0v) is 14.4. The Morgan fingerprint density at radius 3 is 2.00 bits per heavy atom. The molecule has 3 aromatic carbocycles. The molecule has 2 N–H and O–H groups in total. The Kier molecular flexibility index (Phi) is 5.70. The molecule has 25 heavy (non-hydrogen) atoms. The highest BCUT2D eigenvalue weighted by molar-refractivity contribution is 6.30. The summed E-state index contributed by atoms with van der Waals surface area (Å²) in [6.45, 7) is 0.419. The van der Waals surface area contributed by atoms with Crippen LogP contribution in [0.5, 0.6) is 0 Å². The van der Waals surface area contributed by atoms with E-state index in [1.165, 1.54) is 0 Å². The quantitative estimate of drug-likeness (QED) is 0.673. The lowest BCUT2D eigenvalue weighted by Gasteiger charge is -2.20. The summed E-state index contributed by atoms with van der Waals surface area (Å²) in [5, 5.41) is 6.60. The van der Waals surface area contributed by atoms with Crippen LogP contribution in [0.4, 0.5) is 4.79 Å². The van der Waals surface area contributed by atoms with E-state index in [-0.39, 0.29) is 12.1 Å². The predicted octanol–water partition coefficient (Wildman–Crippen LogP) is 4.93. The number of amides is 2. The standard InChI is InChI=1S/C21H19ClN2O/c22-19-13-7-8-16(14-19)15-23-21(25)24-20(17-9-3-1-4-10-17)18-11-5-2-6-12-18/h1-14,20H,15H2,(H2,23,24,25). The molecule has 0 spiro atoms. The summed E-state index contributed by atoms with van der Waals surface area (Å²) < 4.78 is 0. The fraction of sp³-hybridized carbons (Fsp3) is 0.0952. The maximum absolute atomic E-state index is 12.4. The molecule has 3 nitrogen and oxygen atoms in total. The number of rotatable bonds is 5. The Labute approximate surface area is 152 Å². The van der Waals surface area contributed by atoms with E-state index in [1.807, 2.05) is 84.9 Å². The molecule has 0 aliphatic carbocycles. The van der Waals surface area contributed by atoms with Crippen molar-refractivity contribution in [2.24, 2.45) is 0 Å². The minimum absolute atomic E-state index is 0.207. The van der Waals surface area contributed by atoms with E-state index in [0.29, 0.717) is 11.6 Å². The number of hydrogen-bond acceptors (Lipinski definition) is 1. The Morgan fingerprint density at radius 1 is 0.840 bits per heavy atom. The van der Waals surface area contributed by atoms with Crippen molar-refractivity contribution < 1.29 is 4.79 Å². The van der Waals surface area contributed by atoms with Crippen LogP contribution >= 0.6 is 11.6 Å². The third-order valence-electron chi connectivity index (χ3n) is 3.88. The van der Waals surface area contributed by atoms with Gasteiger partial charge in [0, 0.05) is 11.6 Å². The first-order valence-electron chi connectivity index (χ1n) is 8.11. The lowest BCUT2D eigenvalue weighted by atomic mass is 9.99. The summed E-state index contributed by atoms with van der Waals surface area (Å²) >= 11 is 5.98. The molecule has 0 atom stereocenters. The molecule has 0 unspecified atom stereocenters. The highest BCUT2D eigenvalue weighted by Gasteiger charge is 2.16. The molecule has 3 aromatic rings. The number of carbonyl (C=O) groups excluding carboxylic acids is 1. The second-order valence-electron chi connectivity index (χ2n) is 5.71. The minimum Gasteiger partial charge on any atom is -0.334 e. The fourth-order valence-electron chi connectivity index (χ4n) is 2.66. The molecule has 0 saturated carbocycles. The maximum Gasteiger partial charge on any atom is 0.315 e. The molecule has 0 bridgehead atoms. The van der Waals surface area contributed by atoms with Gasteiger partial charge >= 0.3 is 6.03 Å². The van der Waals surface area contributed by atoms with Crippen LogP contribution in [0, 0.1) is 0 Å². The van der Waals surface area contributed by atoms with Crippen molar-refractivity contribution >= 4 is 17.6 Å². The smallest absolute Gasteiger partial charge is 0.315 e. The molecule has 0 heterocycles. The average Bonchev–Trinajstić information content (AvgIpc) is 2.66. The number of hydrogen-bond donors (Lipinski definition) is 2. The van der Waals surface area contributed by atoms with Crippen molar-refractivity contribution in [3.05, 3.63) is 107 Å². The normalized spacial score (nSPS) is 10.5. The van der Waals surface area contributed by atoms with Crippen LogP contribution in [0.1, 0.15) is 22.7 Å². The molecule has 0 saturated heterocycles. The molecule has 126 valence electrons. The van der Waals surface area contributed by atoms with Gasteiger partial charge in [0.15, 0.2) is 0 Å². The number of carbonyl (C=O) groups is 1. The molecule has 0 fully saturated rings. The maximum atomic E-state index is 12.4. The Balaban J connectivity index is 1.71. The number of halogens is 1. The van der Waals surface area contributed by atoms with E-state index in [2.05, 4.69) is 10.6 Å².